The van der Waals surface area contributed by atoms with Crippen molar-refractivity contribution >= 4 is 0 Å². The maximum Gasteiger partial charge on any atom is 0.140 e. The largest absolute Gasteiger partial charge is 0.382 e. The minimum Gasteiger partial charge on any atom is -0.382 e. The molecule has 1 aliphatic rings. The molecule has 0 spiro atoms. The average molecular weight is 253 g/mol. The summed E-state index contributed by atoms with van der Waals surface area (Å²) >= 11 is 0. The fraction of sp³-hybridized carbons (Fsp3) is 0.769. The highest BCUT2D eigenvalue weighted by molar-refractivity contribution is 5.04. The molecule has 0 bridgehead atoms. The number of nitrogens with zero attached hydrogens (tertiary/aromatic N) is 2. The first-order chi connectivity index (χ1) is 8.63. The predicted molar refractivity (Wildman–Crippen MR) is 69.3 cm³/mol. The van der Waals surface area contributed by atoms with Gasteiger partial charge in [-0.05, 0) is 13.3 Å². The summed E-state index contributed by atoms with van der Waals surface area (Å²) in [6, 6.07) is 0.195. The first-order valence-corrected chi connectivity index (χ1v) is 6.68. The highest BCUT2D eigenvalue weighted by Crippen LogP contribution is 2.25. The number of hydrogen-bond donors (Lipinski definition) is 2. The number of nitrogens with one attached hydrogen (secondary N) is 1. The lowest BCUT2D eigenvalue weighted by Gasteiger charge is -2.31. The summed E-state index contributed by atoms with van der Waals surface area (Å²) in [6.07, 6.45) is 5.33. The van der Waals surface area contributed by atoms with Gasteiger partial charge < -0.3 is 19.7 Å². The van der Waals surface area contributed by atoms with Crippen LogP contribution in [0.15, 0.2) is 12.4 Å². The zero-order chi connectivity index (χ0) is 13.0. The molecule has 0 radical (unpaired) electrons. The molecule has 2 rings (SSSR count). The first-order valence-electron chi connectivity index (χ1n) is 6.68. The van der Waals surface area contributed by atoms with E-state index in [-0.39, 0.29) is 6.04 Å². The topological polar surface area (TPSA) is 59.3 Å². The molecule has 0 amide bonds. The van der Waals surface area contributed by atoms with E-state index in [1.165, 1.54) is 0 Å². The zero-order valence-corrected chi connectivity index (χ0v) is 11.2. The Balaban J connectivity index is 2.06. The molecule has 1 fully saturated rings. The Morgan fingerprint density at radius 3 is 3.17 bits per heavy atom. The molecule has 1 aromatic heterocycles. The summed E-state index contributed by atoms with van der Waals surface area (Å²) in [6.45, 7) is 7.10. The van der Waals surface area contributed by atoms with Crippen LogP contribution in [0.25, 0.3) is 0 Å². The van der Waals surface area contributed by atoms with E-state index < -0.39 is 5.60 Å². The lowest BCUT2D eigenvalue weighted by atomic mass is 9.95. The molecule has 0 saturated carbocycles. The standard InChI is InChI=1S/C13H23N3O2/c1-3-6-16-7-4-15-12(16)13(2,17)9-11-10-18-8-5-14-11/h4,7,11,14,17H,3,5-6,8-10H2,1-2H3. The Kier molecular flexibility index (Phi) is 4.37. The maximum absolute atomic E-state index is 10.7. The van der Waals surface area contributed by atoms with Crippen LogP contribution in [-0.2, 0) is 16.9 Å². The van der Waals surface area contributed by atoms with E-state index in [2.05, 4.69) is 17.2 Å². The summed E-state index contributed by atoms with van der Waals surface area (Å²) in [5.41, 5.74) is -0.920. The highest BCUT2D eigenvalue weighted by atomic mass is 16.5. The van der Waals surface area contributed by atoms with Crippen molar-refractivity contribution in [3.05, 3.63) is 18.2 Å². The Morgan fingerprint density at radius 2 is 2.50 bits per heavy atom. The molecule has 2 heterocycles. The molecule has 2 N–H and O–H groups in total. The van der Waals surface area contributed by atoms with E-state index in [0.717, 1.165) is 31.9 Å². The molecule has 0 aliphatic carbocycles. The van der Waals surface area contributed by atoms with Crippen molar-refractivity contribution < 1.29 is 9.84 Å². The summed E-state index contributed by atoms with van der Waals surface area (Å²) in [5, 5.41) is 14.0. The number of aryl methyl sites for hydroxylation is 1. The minimum atomic E-state index is -0.920. The molecule has 18 heavy (non-hydrogen) atoms. The van der Waals surface area contributed by atoms with Crippen LogP contribution in [0.5, 0.6) is 0 Å². The van der Waals surface area contributed by atoms with Crippen LogP contribution in [0.2, 0.25) is 0 Å². The lowest BCUT2D eigenvalue weighted by Crippen LogP contribution is -2.45. The van der Waals surface area contributed by atoms with Gasteiger partial charge in [-0.3, -0.25) is 0 Å². The molecule has 1 aromatic rings. The quantitative estimate of drug-likeness (QED) is 0.818. The Bertz CT molecular complexity index is 370. The number of imidazole rings is 1. The Labute approximate surface area is 108 Å². The molecular formula is C13H23N3O2. The van der Waals surface area contributed by atoms with Gasteiger partial charge in [-0.25, -0.2) is 4.98 Å². The normalized spacial score (nSPS) is 23.8. The molecule has 2 atom stereocenters. The highest BCUT2D eigenvalue weighted by Gasteiger charge is 2.32. The molecule has 102 valence electrons. The molecule has 2 unspecified atom stereocenters. The fourth-order valence-electron chi connectivity index (χ4n) is 2.52. The third-order valence-electron chi connectivity index (χ3n) is 3.30. The molecule has 5 heteroatoms. The van der Waals surface area contributed by atoms with E-state index in [9.17, 15) is 5.11 Å². The van der Waals surface area contributed by atoms with Gasteiger partial charge in [0.2, 0.25) is 0 Å². The van der Waals surface area contributed by atoms with Crippen molar-refractivity contribution in [2.45, 2.75) is 44.9 Å². The van der Waals surface area contributed by atoms with E-state index >= 15 is 0 Å². The number of hydrogen-bond acceptors (Lipinski definition) is 4. The zero-order valence-electron chi connectivity index (χ0n) is 11.2. The average Bonchev–Trinajstić information content (AvgIpc) is 2.79. The summed E-state index contributed by atoms with van der Waals surface area (Å²) < 4.78 is 7.45. The van der Waals surface area contributed by atoms with E-state index in [0.29, 0.717) is 13.0 Å². The number of aliphatic hydroxyl groups is 1. The Hall–Kier alpha value is -0.910. The van der Waals surface area contributed by atoms with Crippen LogP contribution in [0.1, 0.15) is 32.5 Å². The smallest absolute Gasteiger partial charge is 0.140 e. The second-order valence-electron chi connectivity index (χ2n) is 5.15. The number of ether oxygens (including phenoxy) is 1. The second-order valence-corrected chi connectivity index (χ2v) is 5.15. The maximum atomic E-state index is 10.7. The second kappa shape index (κ2) is 5.82. The van der Waals surface area contributed by atoms with Gasteiger partial charge in [-0.1, -0.05) is 6.92 Å². The van der Waals surface area contributed by atoms with Crippen LogP contribution in [0.4, 0.5) is 0 Å². The molecule has 0 aromatic carbocycles. The van der Waals surface area contributed by atoms with Crippen LogP contribution in [0, 0.1) is 0 Å². The van der Waals surface area contributed by atoms with Crippen LogP contribution < -0.4 is 5.32 Å². The Morgan fingerprint density at radius 1 is 1.67 bits per heavy atom. The number of morpholine rings is 1. The van der Waals surface area contributed by atoms with Gasteiger partial charge >= 0.3 is 0 Å². The van der Waals surface area contributed by atoms with E-state index in [4.69, 9.17) is 4.74 Å². The summed E-state index contributed by atoms with van der Waals surface area (Å²) in [7, 11) is 0. The van der Waals surface area contributed by atoms with Gasteiger partial charge in [0.1, 0.15) is 11.4 Å². The first kappa shape index (κ1) is 13.5. The molecule has 5 nitrogen and oxygen atoms in total. The van der Waals surface area contributed by atoms with Gasteiger partial charge in [-0.2, -0.15) is 0 Å². The van der Waals surface area contributed by atoms with Gasteiger partial charge in [0, 0.05) is 37.9 Å². The fourth-order valence-corrected chi connectivity index (χ4v) is 2.52. The van der Waals surface area contributed by atoms with Gasteiger partial charge in [0.25, 0.3) is 0 Å². The van der Waals surface area contributed by atoms with Crippen molar-refractivity contribution in [3.8, 4) is 0 Å². The third kappa shape index (κ3) is 3.10. The number of aromatic nitrogens is 2. The van der Waals surface area contributed by atoms with Crippen LogP contribution in [-0.4, -0.2) is 40.5 Å². The van der Waals surface area contributed by atoms with Gasteiger partial charge in [0.05, 0.1) is 13.2 Å². The number of rotatable bonds is 5. The lowest BCUT2D eigenvalue weighted by molar-refractivity contribution is -0.00467. The SMILES string of the molecule is CCCn1ccnc1C(C)(O)CC1COCCN1. The third-order valence-corrected chi connectivity index (χ3v) is 3.30. The predicted octanol–water partition coefficient (Wildman–Crippen LogP) is 0.879. The molecule has 1 saturated heterocycles. The van der Waals surface area contributed by atoms with Crippen molar-refractivity contribution in [2.24, 2.45) is 0 Å². The van der Waals surface area contributed by atoms with Crippen LogP contribution in [0.3, 0.4) is 0 Å². The van der Waals surface area contributed by atoms with Crippen molar-refractivity contribution in [1.82, 2.24) is 14.9 Å². The monoisotopic (exact) mass is 253 g/mol. The van der Waals surface area contributed by atoms with Crippen LogP contribution >= 0.6 is 0 Å². The van der Waals surface area contributed by atoms with Crippen molar-refractivity contribution in [2.75, 3.05) is 19.8 Å². The van der Waals surface area contributed by atoms with Gasteiger partial charge in [0.15, 0.2) is 0 Å². The summed E-state index contributed by atoms with van der Waals surface area (Å²) in [4.78, 5) is 4.32. The van der Waals surface area contributed by atoms with Crippen molar-refractivity contribution in [3.63, 3.8) is 0 Å². The van der Waals surface area contributed by atoms with E-state index in [1.54, 1.807) is 6.20 Å². The van der Waals surface area contributed by atoms with E-state index in [1.807, 2.05) is 17.7 Å². The van der Waals surface area contributed by atoms with Crippen molar-refractivity contribution in [1.29, 1.82) is 0 Å². The molecule has 1 aliphatic heterocycles. The molecular weight excluding hydrogens is 230 g/mol. The van der Waals surface area contributed by atoms with Gasteiger partial charge in [-0.15, -0.1) is 0 Å². The minimum absolute atomic E-state index is 0.195. The summed E-state index contributed by atoms with van der Waals surface area (Å²) in [5.74, 6) is 0.747.